The molecule has 1 amide bonds. The summed E-state index contributed by atoms with van der Waals surface area (Å²) >= 11 is 1.36. The molecule has 6 rings (SSSR count). The van der Waals surface area contributed by atoms with Gasteiger partial charge in [-0.3, -0.25) is 9.48 Å². The summed E-state index contributed by atoms with van der Waals surface area (Å²) in [5.41, 5.74) is 9.41. The summed E-state index contributed by atoms with van der Waals surface area (Å²) in [6.07, 6.45) is -2.16. The fourth-order valence-corrected chi connectivity index (χ4v) is 6.14. The van der Waals surface area contributed by atoms with Crippen LogP contribution < -0.4 is 5.73 Å². The molecule has 2 N–H and O–H groups in total. The molecule has 2 atom stereocenters. The number of aromatic nitrogens is 4. The Hall–Kier alpha value is -4.06. The van der Waals surface area contributed by atoms with Gasteiger partial charge in [-0.2, -0.15) is 18.3 Å². The summed E-state index contributed by atoms with van der Waals surface area (Å²) in [7, 11) is 1.72. The number of nitrogens with zero attached hydrogens (tertiary/aromatic N) is 5. The first-order chi connectivity index (χ1) is 18.5. The van der Waals surface area contributed by atoms with Crippen molar-refractivity contribution in [2.45, 2.75) is 38.0 Å². The molecule has 39 heavy (non-hydrogen) atoms. The molecule has 2 unspecified atom stereocenters. The van der Waals surface area contributed by atoms with Crippen molar-refractivity contribution in [3.63, 3.8) is 0 Å². The summed E-state index contributed by atoms with van der Waals surface area (Å²) in [5, 5.41) is 7.12. The summed E-state index contributed by atoms with van der Waals surface area (Å²) in [6.45, 7) is 1.79. The minimum Gasteiger partial charge on any atom is -0.383 e. The first kappa shape index (κ1) is 25.2. The van der Waals surface area contributed by atoms with E-state index >= 15 is 4.39 Å². The Bertz CT molecular complexity index is 1750. The summed E-state index contributed by atoms with van der Waals surface area (Å²) in [5.74, 6) is -1.18. The topological polar surface area (TPSA) is 89.9 Å². The second kappa shape index (κ2) is 9.01. The number of halogens is 4. The highest BCUT2D eigenvalue weighted by Crippen LogP contribution is 2.43. The minimum atomic E-state index is -4.47. The molecule has 0 aliphatic heterocycles. The minimum absolute atomic E-state index is 0.181. The van der Waals surface area contributed by atoms with E-state index in [4.69, 9.17) is 5.73 Å². The number of nitrogens with two attached hydrogens (primary N) is 1. The molecule has 3 heterocycles. The number of aryl methyl sites for hydroxylation is 2. The average Bonchev–Trinajstić information content (AvgIpc) is 3.64. The molecular formula is C27H22F4N6OS. The van der Waals surface area contributed by atoms with Gasteiger partial charge in [-0.25, -0.2) is 14.4 Å². The maximum Gasteiger partial charge on any atom is 0.416 e. The van der Waals surface area contributed by atoms with Crippen LogP contribution in [-0.4, -0.2) is 30.6 Å². The molecule has 1 aliphatic rings. The molecule has 0 saturated heterocycles. The van der Waals surface area contributed by atoms with E-state index in [1.807, 2.05) is 0 Å². The van der Waals surface area contributed by atoms with Gasteiger partial charge in [-0.1, -0.05) is 6.07 Å². The normalized spacial score (nSPS) is 16.1. The first-order valence-corrected chi connectivity index (χ1v) is 13.1. The van der Waals surface area contributed by atoms with E-state index < -0.39 is 35.5 Å². The number of hydrogen-bond donors (Lipinski definition) is 1. The smallest absolute Gasteiger partial charge is 0.383 e. The van der Waals surface area contributed by atoms with Gasteiger partial charge in [-0.15, -0.1) is 11.3 Å². The number of fused-ring (bicyclic) bond motifs is 4. The molecule has 0 spiro atoms. The lowest BCUT2D eigenvalue weighted by Gasteiger charge is -2.35. The van der Waals surface area contributed by atoms with Crippen LogP contribution in [0, 0.1) is 5.82 Å². The number of anilines is 1. The maximum absolute atomic E-state index is 15.6. The Morgan fingerprint density at radius 3 is 2.74 bits per heavy atom. The van der Waals surface area contributed by atoms with Gasteiger partial charge in [0.2, 0.25) is 0 Å². The Morgan fingerprint density at radius 2 is 2.03 bits per heavy atom. The molecule has 0 radical (unpaired) electrons. The molecule has 5 aromatic rings. The quantitative estimate of drug-likeness (QED) is 0.267. The molecule has 2 aromatic carbocycles. The van der Waals surface area contributed by atoms with Gasteiger partial charge in [0, 0.05) is 23.9 Å². The van der Waals surface area contributed by atoms with Crippen LogP contribution >= 0.6 is 11.3 Å². The van der Waals surface area contributed by atoms with Crippen molar-refractivity contribution in [3.05, 3.63) is 81.2 Å². The Labute approximate surface area is 223 Å². The predicted octanol–water partition coefficient (Wildman–Crippen LogP) is 6.21. The van der Waals surface area contributed by atoms with Gasteiger partial charge in [0.05, 0.1) is 57.0 Å². The predicted molar refractivity (Wildman–Crippen MR) is 140 cm³/mol. The molecule has 0 fully saturated rings. The monoisotopic (exact) mass is 554 g/mol. The standard InChI is InChI=1S/C27H22F4N6OS/c1-13(22-11-39-12-33-22)37(23-6-3-14-7-15(27(29,30)31)4-5-16(14)23)26(38)17-8-18-21(9-20(17)28)35-25(32)19-10-34-36(2)24(18)19/h4-5,7-13,23H,3,6H2,1-2H3,(H2,32,35). The molecule has 7 nitrogen and oxygen atoms in total. The van der Waals surface area contributed by atoms with Crippen molar-refractivity contribution in [2.75, 3.05) is 5.73 Å². The zero-order valence-electron chi connectivity index (χ0n) is 20.8. The lowest BCUT2D eigenvalue weighted by Crippen LogP contribution is -2.37. The van der Waals surface area contributed by atoms with Crippen LogP contribution in [0.25, 0.3) is 21.8 Å². The second-order valence-corrected chi connectivity index (χ2v) is 10.4. The van der Waals surface area contributed by atoms with Gasteiger partial charge in [0.25, 0.3) is 5.91 Å². The van der Waals surface area contributed by atoms with Crippen LogP contribution in [-0.2, 0) is 19.6 Å². The average molecular weight is 555 g/mol. The van der Waals surface area contributed by atoms with Gasteiger partial charge < -0.3 is 10.6 Å². The van der Waals surface area contributed by atoms with Crippen molar-refractivity contribution < 1.29 is 22.4 Å². The zero-order chi connectivity index (χ0) is 27.6. The summed E-state index contributed by atoms with van der Waals surface area (Å²) < 4.78 is 57.2. The third-order valence-corrected chi connectivity index (χ3v) is 8.01. The number of rotatable bonds is 4. The number of hydrogen-bond acceptors (Lipinski definition) is 6. The van der Waals surface area contributed by atoms with Crippen LogP contribution in [0.15, 0.2) is 47.4 Å². The van der Waals surface area contributed by atoms with Gasteiger partial charge in [-0.05, 0) is 49.1 Å². The Kier molecular flexibility index (Phi) is 5.83. The van der Waals surface area contributed by atoms with E-state index in [9.17, 15) is 18.0 Å². The van der Waals surface area contributed by atoms with Crippen molar-refractivity contribution in [1.29, 1.82) is 0 Å². The lowest BCUT2D eigenvalue weighted by molar-refractivity contribution is -0.137. The second-order valence-electron chi connectivity index (χ2n) is 9.64. The van der Waals surface area contributed by atoms with E-state index in [-0.39, 0.29) is 16.9 Å². The van der Waals surface area contributed by atoms with Gasteiger partial charge in [0.1, 0.15) is 11.6 Å². The third-order valence-electron chi connectivity index (χ3n) is 7.41. The third kappa shape index (κ3) is 4.10. The molecule has 12 heteroatoms. The number of alkyl halides is 3. The number of thiazole rings is 1. The maximum atomic E-state index is 15.6. The number of nitrogen functional groups attached to an aromatic ring is 1. The number of amides is 1. The van der Waals surface area contributed by atoms with Crippen molar-refractivity contribution in [3.8, 4) is 0 Å². The molecular weight excluding hydrogens is 532 g/mol. The van der Waals surface area contributed by atoms with Crippen LogP contribution in [0.4, 0.5) is 23.4 Å². The highest BCUT2D eigenvalue weighted by atomic mass is 32.1. The molecule has 3 aromatic heterocycles. The van der Waals surface area contributed by atoms with Crippen molar-refractivity contribution in [1.82, 2.24) is 24.6 Å². The largest absolute Gasteiger partial charge is 0.416 e. The van der Waals surface area contributed by atoms with E-state index in [1.54, 1.807) is 35.7 Å². The molecule has 0 saturated carbocycles. The van der Waals surface area contributed by atoms with Crippen LogP contribution in [0.1, 0.15) is 58.2 Å². The molecule has 1 aliphatic carbocycles. The zero-order valence-corrected chi connectivity index (χ0v) is 21.6. The van der Waals surface area contributed by atoms with Crippen LogP contribution in [0.3, 0.4) is 0 Å². The van der Waals surface area contributed by atoms with E-state index in [0.29, 0.717) is 46.0 Å². The number of benzene rings is 2. The Balaban J connectivity index is 1.50. The van der Waals surface area contributed by atoms with E-state index in [0.717, 1.165) is 12.1 Å². The molecule has 200 valence electrons. The van der Waals surface area contributed by atoms with Crippen molar-refractivity contribution >= 4 is 44.9 Å². The SMILES string of the molecule is CC(c1cscn1)N(C(=O)c1cc2c(cc1F)nc(N)c1cnn(C)c12)C1CCc2cc(C(F)(F)F)ccc21. The highest BCUT2D eigenvalue weighted by Gasteiger charge is 2.39. The van der Waals surface area contributed by atoms with Gasteiger partial charge >= 0.3 is 6.18 Å². The van der Waals surface area contributed by atoms with E-state index in [2.05, 4.69) is 15.1 Å². The number of carbonyl (C=O) groups is 1. The fraction of sp³-hybridized carbons (Fsp3) is 0.259. The summed E-state index contributed by atoms with van der Waals surface area (Å²) in [4.78, 5) is 24.4. The molecule has 0 bridgehead atoms. The lowest BCUT2D eigenvalue weighted by atomic mass is 9.99. The number of carbonyl (C=O) groups excluding carboxylic acids is 1. The van der Waals surface area contributed by atoms with Crippen molar-refractivity contribution in [2.24, 2.45) is 7.05 Å². The van der Waals surface area contributed by atoms with Gasteiger partial charge in [0.15, 0.2) is 0 Å². The fourth-order valence-electron chi connectivity index (χ4n) is 5.50. The Morgan fingerprint density at radius 1 is 1.23 bits per heavy atom. The summed E-state index contributed by atoms with van der Waals surface area (Å²) in [6, 6.07) is 5.08. The van der Waals surface area contributed by atoms with Crippen LogP contribution in [0.5, 0.6) is 0 Å². The number of pyridine rings is 1. The highest BCUT2D eigenvalue weighted by molar-refractivity contribution is 7.07. The van der Waals surface area contributed by atoms with E-state index in [1.165, 1.54) is 34.4 Å². The van der Waals surface area contributed by atoms with Crippen LogP contribution in [0.2, 0.25) is 0 Å². The first-order valence-electron chi connectivity index (χ1n) is 12.2.